The summed E-state index contributed by atoms with van der Waals surface area (Å²) in [5.74, 6) is 0.0754. The first-order valence-corrected chi connectivity index (χ1v) is 7.27. The van der Waals surface area contributed by atoms with Crippen LogP contribution in [-0.2, 0) is 4.74 Å². The zero-order valence-corrected chi connectivity index (χ0v) is 13.1. The molecule has 5 nitrogen and oxygen atoms in total. The van der Waals surface area contributed by atoms with E-state index in [0.29, 0.717) is 23.7 Å². The largest absolute Gasteiger partial charge is 0.497 e. The number of ether oxygens (including phenoxy) is 3. The van der Waals surface area contributed by atoms with Gasteiger partial charge >= 0.3 is 11.9 Å². The fraction of sp³-hybridized carbons (Fsp3) is 0.222. The van der Waals surface area contributed by atoms with Crippen LogP contribution < -0.4 is 9.47 Å². The quantitative estimate of drug-likeness (QED) is 0.603. The molecular formula is C18H18O5. The van der Waals surface area contributed by atoms with Crippen molar-refractivity contribution in [1.29, 1.82) is 0 Å². The summed E-state index contributed by atoms with van der Waals surface area (Å²) in [4.78, 5) is 24.0. The van der Waals surface area contributed by atoms with Gasteiger partial charge in [-0.05, 0) is 48.9 Å². The van der Waals surface area contributed by atoms with Crippen LogP contribution in [0.5, 0.6) is 11.5 Å². The third-order valence-corrected chi connectivity index (χ3v) is 3.04. The Morgan fingerprint density at radius 2 is 1.52 bits per heavy atom. The molecule has 0 atom stereocenters. The Balaban J connectivity index is 2.08. The minimum Gasteiger partial charge on any atom is -0.497 e. The molecule has 0 aromatic heterocycles. The van der Waals surface area contributed by atoms with Crippen molar-refractivity contribution < 1.29 is 23.8 Å². The molecule has 0 spiro atoms. The number of esters is 2. The van der Waals surface area contributed by atoms with Gasteiger partial charge in [0.25, 0.3) is 0 Å². The van der Waals surface area contributed by atoms with Gasteiger partial charge in [0.05, 0.1) is 24.8 Å². The molecule has 23 heavy (non-hydrogen) atoms. The Bertz CT molecular complexity index is 676. The van der Waals surface area contributed by atoms with Gasteiger partial charge < -0.3 is 14.2 Å². The maximum atomic E-state index is 12.2. The third-order valence-electron chi connectivity index (χ3n) is 3.04. The van der Waals surface area contributed by atoms with Gasteiger partial charge in [-0.25, -0.2) is 9.59 Å². The molecule has 0 aliphatic heterocycles. The summed E-state index contributed by atoms with van der Waals surface area (Å²) >= 11 is 0. The summed E-state index contributed by atoms with van der Waals surface area (Å²) in [7, 11) is 1.56. The number of rotatable bonds is 6. The van der Waals surface area contributed by atoms with E-state index in [9.17, 15) is 9.59 Å². The summed E-state index contributed by atoms with van der Waals surface area (Å²) in [5, 5.41) is 0. The highest BCUT2D eigenvalue weighted by Crippen LogP contribution is 2.18. The van der Waals surface area contributed by atoms with Crippen molar-refractivity contribution in [3.8, 4) is 11.5 Å². The predicted octanol–water partition coefficient (Wildman–Crippen LogP) is 3.48. The van der Waals surface area contributed by atoms with Crippen molar-refractivity contribution in [1.82, 2.24) is 0 Å². The normalized spacial score (nSPS) is 10.0. The second kappa shape index (κ2) is 7.98. The highest BCUT2D eigenvalue weighted by molar-refractivity contribution is 5.96. The fourth-order valence-electron chi connectivity index (χ4n) is 1.86. The smallest absolute Gasteiger partial charge is 0.343 e. The van der Waals surface area contributed by atoms with Gasteiger partial charge in [-0.1, -0.05) is 13.0 Å². The number of carbonyl (C=O) groups is 2. The molecule has 0 N–H and O–H groups in total. The first-order valence-electron chi connectivity index (χ1n) is 7.27. The van der Waals surface area contributed by atoms with Crippen LogP contribution in [0, 0.1) is 0 Å². The zero-order chi connectivity index (χ0) is 16.7. The molecule has 0 unspecified atom stereocenters. The molecule has 0 aliphatic carbocycles. The molecule has 0 saturated carbocycles. The summed E-state index contributed by atoms with van der Waals surface area (Å²) < 4.78 is 15.4. The minimum atomic E-state index is -0.541. The molecule has 0 heterocycles. The second-order valence-corrected chi connectivity index (χ2v) is 4.78. The van der Waals surface area contributed by atoms with E-state index in [2.05, 4.69) is 0 Å². The van der Waals surface area contributed by atoms with E-state index in [1.54, 1.807) is 49.6 Å². The molecule has 0 fully saturated rings. The van der Waals surface area contributed by atoms with Crippen molar-refractivity contribution in [3.63, 3.8) is 0 Å². The lowest BCUT2D eigenvalue weighted by Crippen LogP contribution is -2.11. The summed E-state index contributed by atoms with van der Waals surface area (Å²) in [6.07, 6.45) is 0.741. The molecule has 0 amide bonds. The number of hydrogen-bond donors (Lipinski definition) is 0. The van der Waals surface area contributed by atoms with Crippen LogP contribution in [0.4, 0.5) is 0 Å². The van der Waals surface area contributed by atoms with Crippen molar-refractivity contribution >= 4 is 11.9 Å². The van der Waals surface area contributed by atoms with E-state index in [0.717, 1.165) is 6.42 Å². The number of methoxy groups -OCH3 is 1. The van der Waals surface area contributed by atoms with Gasteiger partial charge in [0.15, 0.2) is 0 Å². The van der Waals surface area contributed by atoms with Crippen LogP contribution in [-0.4, -0.2) is 25.7 Å². The van der Waals surface area contributed by atoms with Gasteiger partial charge in [0, 0.05) is 0 Å². The topological polar surface area (TPSA) is 61.8 Å². The molecule has 0 saturated heterocycles. The van der Waals surface area contributed by atoms with Crippen LogP contribution in [0.2, 0.25) is 0 Å². The van der Waals surface area contributed by atoms with E-state index in [4.69, 9.17) is 14.2 Å². The van der Waals surface area contributed by atoms with E-state index in [1.807, 2.05) is 6.92 Å². The lowest BCUT2D eigenvalue weighted by molar-refractivity contribution is 0.0505. The van der Waals surface area contributed by atoms with E-state index in [1.165, 1.54) is 6.07 Å². The minimum absolute atomic E-state index is 0.284. The van der Waals surface area contributed by atoms with E-state index < -0.39 is 11.9 Å². The van der Waals surface area contributed by atoms with Gasteiger partial charge in [-0.2, -0.15) is 0 Å². The Hall–Kier alpha value is -2.82. The van der Waals surface area contributed by atoms with Gasteiger partial charge in [-0.3, -0.25) is 0 Å². The molecule has 120 valence electrons. The number of benzene rings is 2. The molecule has 0 radical (unpaired) electrons. The van der Waals surface area contributed by atoms with Crippen molar-refractivity contribution in [2.45, 2.75) is 13.3 Å². The van der Waals surface area contributed by atoms with Gasteiger partial charge in [-0.15, -0.1) is 0 Å². The molecule has 5 heteroatoms. The van der Waals surface area contributed by atoms with Crippen LogP contribution >= 0.6 is 0 Å². The predicted molar refractivity (Wildman–Crippen MR) is 85.0 cm³/mol. The average molecular weight is 314 g/mol. The summed E-state index contributed by atoms with van der Waals surface area (Å²) in [6.45, 7) is 2.26. The monoisotopic (exact) mass is 314 g/mol. The number of carbonyl (C=O) groups excluding carboxylic acids is 2. The molecule has 2 aromatic rings. The Kier molecular flexibility index (Phi) is 5.74. The average Bonchev–Trinajstić information content (AvgIpc) is 2.60. The highest BCUT2D eigenvalue weighted by Gasteiger charge is 2.13. The molecule has 2 rings (SSSR count). The Morgan fingerprint density at radius 3 is 2.13 bits per heavy atom. The maximum Gasteiger partial charge on any atom is 0.343 e. The van der Waals surface area contributed by atoms with Gasteiger partial charge in [0.1, 0.15) is 11.5 Å². The van der Waals surface area contributed by atoms with E-state index >= 15 is 0 Å². The van der Waals surface area contributed by atoms with Crippen molar-refractivity contribution in [2.75, 3.05) is 13.7 Å². The Morgan fingerprint density at radius 1 is 0.913 bits per heavy atom. The maximum absolute atomic E-state index is 12.2. The third kappa shape index (κ3) is 4.57. The van der Waals surface area contributed by atoms with Gasteiger partial charge in [0.2, 0.25) is 0 Å². The van der Waals surface area contributed by atoms with Crippen LogP contribution in [0.1, 0.15) is 34.1 Å². The SMILES string of the molecule is CCCOC(=O)c1cccc(C(=O)Oc2ccc(OC)cc2)c1. The second-order valence-electron chi connectivity index (χ2n) is 4.78. The zero-order valence-electron chi connectivity index (χ0n) is 13.1. The van der Waals surface area contributed by atoms with Crippen molar-refractivity contribution in [2.24, 2.45) is 0 Å². The van der Waals surface area contributed by atoms with Crippen molar-refractivity contribution in [3.05, 3.63) is 59.7 Å². The van der Waals surface area contributed by atoms with Crippen LogP contribution in [0.3, 0.4) is 0 Å². The Labute approximate surface area is 134 Å². The summed E-state index contributed by atoms with van der Waals surface area (Å²) in [6, 6.07) is 12.9. The summed E-state index contributed by atoms with van der Waals surface area (Å²) in [5.41, 5.74) is 0.606. The number of hydrogen-bond acceptors (Lipinski definition) is 5. The van der Waals surface area contributed by atoms with Crippen LogP contribution in [0.25, 0.3) is 0 Å². The fourth-order valence-corrected chi connectivity index (χ4v) is 1.86. The molecular weight excluding hydrogens is 296 g/mol. The molecule has 0 aliphatic rings. The first-order chi connectivity index (χ1) is 11.1. The lowest BCUT2D eigenvalue weighted by atomic mass is 10.1. The van der Waals surface area contributed by atoms with E-state index in [-0.39, 0.29) is 5.56 Å². The molecule has 2 aromatic carbocycles. The standard InChI is InChI=1S/C18H18O5/c1-3-11-22-17(19)13-5-4-6-14(12-13)18(20)23-16-9-7-15(21-2)8-10-16/h4-10,12H,3,11H2,1-2H3. The first kappa shape index (κ1) is 16.5. The van der Waals surface area contributed by atoms with Crippen LogP contribution in [0.15, 0.2) is 48.5 Å². The molecule has 0 bridgehead atoms. The lowest BCUT2D eigenvalue weighted by Gasteiger charge is -2.07. The highest BCUT2D eigenvalue weighted by atomic mass is 16.5.